The maximum Gasteiger partial charge on any atom is 0.0640 e. The standard InChI is InChI=1S/C15H19Cl2N3/c1-10(2)20-7-6-12(19-20)8-11(18)9-13-14(16)4-3-5-15(13)17/h3-7,10-11H,8-9,18H2,1-2H3. The van der Waals surface area contributed by atoms with Gasteiger partial charge >= 0.3 is 0 Å². The lowest BCUT2D eigenvalue weighted by Crippen LogP contribution is -2.26. The van der Waals surface area contributed by atoms with Crippen LogP contribution in [0.3, 0.4) is 0 Å². The van der Waals surface area contributed by atoms with Crippen molar-refractivity contribution in [2.45, 2.75) is 38.8 Å². The summed E-state index contributed by atoms with van der Waals surface area (Å²) in [6, 6.07) is 7.82. The topological polar surface area (TPSA) is 43.8 Å². The largest absolute Gasteiger partial charge is 0.327 e. The van der Waals surface area contributed by atoms with Gasteiger partial charge in [-0.2, -0.15) is 5.10 Å². The van der Waals surface area contributed by atoms with Gasteiger partial charge in [-0.3, -0.25) is 4.68 Å². The lowest BCUT2D eigenvalue weighted by molar-refractivity contribution is 0.521. The zero-order chi connectivity index (χ0) is 14.7. The van der Waals surface area contributed by atoms with Crippen molar-refractivity contribution in [2.24, 2.45) is 5.73 Å². The van der Waals surface area contributed by atoms with E-state index in [0.29, 0.717) is 28.9 Å². The Hall–Kier alpha value is -1.03. The molecule has 2 N–H and O–H groups in total. The van der Waals surface area contributed by atoms with E-state index in [1.165, 1.54) is 0 Å². The number of hydrogen-bond donors (Lipinski definition) is 1. The third-order valence-electron chi connectivity index (χ3n) is 3.19. The molecule has 0 bridgehead atoms. The summed E-state index contributed by atoms with van der Waals surface area (Å²) in [5, 5.41) is 5.84. The average Bonchev–Trinajstić information content (AvgIpc) is 2.82. The molecule has 5 heteroatoms. The van der Waals surface area contributed by atoms with Gasteiger partial charge in [0.05, 0.1) is 5.69 Å². The highest BCUT2D eigenvalue weighted by atomic mass is 35.5. The van der Waals surface area contributed by atoms with Crippen molar-refractivity contribution in [3.05, 3.63) is 51.8 Å². The highest BCUT2D eigenvalue weighted by molar-refractivity contribution is 6.35. The Bertz CT molecular complexity index is 558. The molecule has 0 spiro atoms. The van der Waals surface area contributed by atoms with Gasteiger partial charge in [-0.25, -0.2) is 0 Å². The normalized spacial score (nSPS) is 12.9. The summed E-state index contributed by atoms with van der Waals surface area (Å²) in [7, 11) is 0. The first-order valence-corrected chi connectivity index (χ1v) is 7.45. The number of aromatic nitrogens is 2. The third kappa shape index (κ3) is 3.75. The number of benzene rings is 1. The zero-order valence-electron chi connectivity index (χ0n) is 11.7. The van der Waals surface area contributed by atoms with Crippen molar-refractivity contribution < 1.29 is 0 Å². The molecule has 1 aromatic heterocycles. The Morgan fingerprint density at radius 3 is 2.35 bits per heavy atom. The fourth-order valence-electron chi connectivity index (χ4n) is 2.10. The lowest BCUT2D eigenvalue weighted by Gasteiger charge is -2.13. The highest BCUT2D eigenvalue weighted by Crippen LogP contribution is 2.25. The molecule has 0 saturated carbocycles. The molecule has 20 heavy (non-hydrogen) atoms. The van der Waals surface area contributed by atoms with Gasteiger partial charge in [0.25, 0.3) is 0 Å². The molecule has 1 unspecified atom stereocenters. The Morgan fingerprint density at radius 2 is 1.80 bits per heavy atom. The molecule has 1 atom stereocenters. The molecule has 1 aromatic carbocycles. The molecule has 3 nitrogen and oxygen atoms in total. The summed E-state index contributed by atoms with van der Waals surface area (Å²) in [5.41, 5.74) is 8.10. The van der Waals surface area contributed by atoms with Crippen LogP contribution in [0.4, 0.5) is 0 Å². The van der Waals surface area contributed by atoms with Crippen LogP contribution in [0.2, 0.25) is 10.0 Å². The van der Waals surface area contributed by atoms with E-state index in [1.54, 1.807) is 0 Å². The molecule has 0 fully saturated rings. The smallest absolute Gasteiger partial charge is 0.0640 e. The Kier molecular flexibility index (Phi) is 5.08. The van der Waals surface area contributed by atoms with Gasteiger partial charge in [-0.1, -0.05) is 29.3 Å². The number of hydrogen-bond acceptors (Lipinski definition) is 2. The van der Waals surface area contributed by atoms with Crippen LogP contribution in [0.25, 0.3) is 0 Å². The fraction of sp³-hybridized carbons (Fsp3) is 0.400. The summed E-state index contributed by atoms with van der Waals surface area (Å²) < 4.78 is 1.94. The van der Waals surface area contributed by atoms with Gasteiger partial charge in [0.2, 0.25) is 0 Å². The maximum atomic E-state index is 6.19. The summed E-state index contributed by atoms with van der Waals surface area (Å²) >= 11 is 12.3. The molecular weight excluding hydrogens is 293 g/mol. The van der Waals surface area contributed by atoms with Gasteiger partial charge < -0.3 is 5.73 Å². The van der Waals surface area contributed by atoms with E-state index < -0.39 is 0 Å². The van der Waals surface area contributed by atoms with Crippen LogP contribution in [0.5, 0.6) is 0 Å². The predicted octanol–water partition coefficient (Wildman–Crippen LogP) is 3.88. The van der Waals surface area contributed by atoms with Crippen LogP contribution in [0, 0.1) is 0 Å². The molecular formula is C15H19Cl2N3. The van der Waals surface area contributed by atoms with Crippen molar-refractivity contribution in [3.8, 4) is 0 Å². The molecule has 2 rings (SSSR count). The minimum Gasteiger partial charge on any atom is -0.327 e. The van der Waals surface area contributed by atoms with Gasteiger partial charge in [0.15, 0.2) is 0 Å². The van der Waals surface area contributed by atoms with E-state index in [1.807, 2.05) is 35.1 Å². The van der Waals surface area contributed by atoms with Crippen LogP contribution < -0.4 is 5.73 Å². The SMILES string of the molecule is CC(C)n1ccc(CC(N)Cc2c(Cl)cccc2Cl)n1. The average molecular weight is 312 g/mol. The van der Waals surface area contributed by atoms with E-state index >= 15 is 0 Å². The van der Waals surface area contributed by atoms with E-state index in [-0.39, 0.29) is 6.04 Å². The quantitative estimate of drug-likeness (QED) is 0.910. The van der Waals surface area contributed by atoms with Crippen molar-refractivity contribution in [1.29, 1.82) is 0 Å². The Labute approximate surface area is 129 Å². The highest BCUT2D eigenvalue weighted by Gasteiger charge is 2.13. The number of halogens is 2. The molecule has 0 aliphatic rings. The minimum atomic E-state index is -0.0529. The summed E-state index contributed by atoms with van der Waals surface area (Å²) in [5.74, 6) is 0. The molecule has 0 amide bonds. The molecule has 0 aliphatic carbocycles. The van der Waals surface area contributed by atoms with E-state index in [2.05, 4.69) is 18.9 Å². The fourth-order valence-corrected chi connectivity index (χ4v) is 2.66. The molecule has 0 saturated heterocycles. The van der Waals surface area contributed by atoms with Gasteiger partial charge in [-0.05, 0) is 44.0 Å². The van der Waals surface area contributed by atoms with Crippen molar-refractivity contribution >= 4 is 23.2 Å². The van der Waals surface area contributed by atoms with Gasteiger partial charge in [-0.15, -0.1) is 0 Å². The second-order valence-electron chi connectivity index (χ2n) is 5.25. The summed E-state index contributed by atoms with van der Waals surface area (Å²) in [6.45, 7) is 4.19. The number of rotatable bonds is 5. The molecule has 108 valence electrons. The van der Waals surface area contributed by atoms with Crippen LogP contribution in [0.1, 0.15) is 31.1 Å². The summed E-state index contributed by atoms with van der Waals surface area (Å²) in [6.07, 6.45) is 3.34. The molecule has 1 heterocycles. The summed E-state index contributed by atoms with van der Waals surface area (Å²) in [4.78, 5) is 0. The van der Waals surface area contributed by atoms with Crippen LogP contribution in [-0.4, -0.2) is 15.8 Å². The lowest BCUT2D eigenvalue weighted by atomic mass is 10.0. The minimum absolute atomic E-state index is 0.0529. The second kappa shape index (κ2) is 6.61. The van der Waals surface area contributed by atoms with E-state index in [4.69, 9.17) is 28.9 Å². The number of nitrogens with two attached hydrogens (primary N) is 1. The second-order valence-corrected chi connectivity index (χ2v) is 6.06. The first-order valence-electron chi connectivity index (χ1n) is 6.70. The van der Waals surface area contributed by atoms with Crippen molar-refractivity contribution in [1.82, 2.24) is 9.78 Å². The van der Waals surface area contributed by atoms with Crippen LogP contribution >= 0.6 is 23.2 Å². The third-order valence-corrected chi connectivity index (χ3v) is 3.90. The monoisotopic (exact) mass is 311 g/mol. The molecule has 0 radical (unpaired) electrons. The van der Waals surface area contributed by atoms with Crippen molar-refractivity contribution in [3.63, 3.8) is 0 Å². The van der Waals surface area contributed by atoms with E-state index in [9.17, 15) is 0 Å². The first kappa shape index (κ1) is 15.4. The van der Waals surface area contributed by atoms with Crippen molar-refractivity contribution in [2.75, 3.05) is 0 Å². The first-order chi connectivity index (χ1) is 9.47. The van der Waals surface area contributed by atoms with E-state index in [0.717, 1.165) is 11.3 Å². The molecule has 2 aromatic rings. The van der Waals surface area contributed by atoms with Gasteiger partial charge in [0.1, 0.15) is 0 Å². The van der Waals surface area contributed by atoms with Crippen LogP contribution in [0.15, 0.2) is 30.5 Å². The van der Waals surface area contributed by atoms with Gasteiger partial charge in [0, 0.05) is 34.7 Å². The zero-order valence-corrected chi connectivity index (χ0v) is 13.2. The van der Waals surface area contributed by atoms with Crippen LogP contribution in [-0.2, 0) is 12.8 Å². The number of nitrogens with zero attached hydrogens (tertiary/aromatic N) is 2. The molecule has 0 aliphatic heterocycles. The Balaban J connectivity index is 2.03. The maximum absolute atomic E-state index is 6.19. The predicted molar refractivity (Wildman–Crippen MR) is 84.5 cm³/mol. The Morgan fingerprint density at radius 1 is 1.15 bits per heavy atom.